The number of nitrogens with zero attached hydrogens (tertiary/aromatic N) is 2. The van der Waals surface area contributed by atoms with Crippen molar-refractivity contribution < 1.29 is 9.90 Å². The van der Waals surface area contributed by atoms with E-state index in [1.165, 1.54) is 0 Å². The summed E-state index contributed by atoms with van der Waals surface area (Å²) < 4.78 is 1.96. The van der Waals surface area contributed by atoms with Crippen molar-refractivity contribution in [3.05, 3.63) is 24.0 Å². The molecule has 1 N–H and O–H groups in total. The highest BCUT2D eigenvalue weighted by Gasteiger charge is 2.42. The highest BCUT2D eigenvalue weighted by molar-refractivity contribution is 5.93. The number of aromatic nitrogens is 1. The van der Waals surface area contributed by atoms with Crippen molar-refractivity contribution in [1.29, 1.82) is 0 Å². The Hall–Kier alpha value is -1.29. The molecular weight excluding hydrogens is 216 g/mol. The van der Waals surface area contributed by atoms with Gasteiger partial charge in [-0.1, -0.05) is 6.92 Å². The van der Waals surface area contributed by atoms with E-state index in [1.54, 1.807) is 4.90 Å². The Morgan fingerprint density at radius 1 is 1.53 bits per heavy atom. The molecule has 17 heavy (non-hydrogen) atoms. The van der Waals surface area contributed by atoms with E-state index < -0.39 is 5.60 Å². The molecule has 0 bridgehead atoms. The van der Waals surface area contributed by atoms with Gasteiger partial charge in [-0.15, -0.1) is 0 Å². The maximum absolute atomic E-state index is 12.2. The third-order valence-electron chi connectivity index (χ3n) is 3.47. The van der Waals surface area contributed by atoms with Crippen LogP contribution in [0, 0.1) is 0 Å². The van der Waals surface area contributed by atoms with E-state index in [2.05, 4.69) is 13.8 Å². The van der Waals surface area contributed by atoms with E-state index in [9.17, 15) is 9.90 Å². The molecule has 1 amide bonds. The molecule has 0 radical (unpaired) electrons. The average Bonchev–Trinajstić information content (AvgIpc) is 2.72. The molecule has 0 aliphatic carbocycles. The lowest BCUT2D eigenvalue weighted by atomic mass is 9.91. The van der Waals surface area contributed by atoms with Crippen LogP contribution in [0.1, 0.15) is 43.7 Å². The molecule has 1 fully saturated rings. The number of aliphatic hydroxyl groups is 1. The van der Waals surface area contributed by atoms with Gasteiger partial charge in [0.05, 0.1) is 18.7 Å². The third-order valence-corrected chi connectivity index (χ3v) is 3.47. The first-order valence-electron chi connectivity index (χ1n) is 6.15. The summed E-state index contributed by atoms with van der Waals surface area (Å²) >= 11 is 0. The van der Waals surface area contributed by atoms with Crippen molar-refractivity contribution in [3.8, 4) is 0 Å². The van der Waals surface area contributed by atoms with Gasteiger partial charge in [-0.3, -0.25) is 4.79 Å². The molecule has 0 aromatic carbocycles. The standard InChI is InChI=1S/C13H20N2O2/c1-4-13(17)8-14(9-13)12(16)11-6-5-7-15(11)10(2)3/h5-7,10,17H,4,8-9H2,1-3H3. The van der Waals surface area contributed by atoms with Crippen molar-refractivity contribution in [2.24, 2.45) is 0 Å². The lowest BCUT2D eigenvalue weighted by molar-refractivity contribution is -0.0829. The normalized spacial score (nSPS) is 18.3. The number of amides is 1. The van der Waals surface area contributed by atoms with Crippen molar-refractivity contribution in [3.63, 3.8) is 0 Å². The summed E-state index contributed by atoms with van der Waals surface area (Å²) in [6, 6.07) is 4.00. The second-order valence-corrected chi connectivity index (χ2v) is 5.13. The fourth-order valence-corrected chi connectivity index (χ4v) is 2.22. The van der Waals surface area contributed by atoms with Gasteiger partial charge >= 0.3 is 0 Å². The van der Waals surface area contributed by atoms with Crippen molar-refractivity contribution in [2.45, 2.75) is 38.8 Å². The fraction of sp³-hybridized carbons (Fsp3) is 0.615. The molecule has 1 aliphatic rings. The van der Waals surface area contributed by atoms with Crippen LogP contribution in [0.25, 0.3) is 0 Å². The second kappa shape index (κ2) is 4.18. The van der Waals surface area contributed by atoms with E-state index in [0.717, 1.165) is 0 Å². The molecule has 2 rings (SSSR count). The minimum atomic E-state index is -0.662. The van der Waals surface area contributed by atoms with Crippen molar-refractivity contribution in [2.75, 3.05) is 13.1 Å². The van der Waals surface area contributed by atoms with Gasteiger partial charge in [0.15, 0.2) is 0 Å². The zero-order valence-corrected chi connectivity index (χ0v) is 10.7. The average molecular weight is 236 g/mol. The second-order valence-electron chi connectivity index (χ2n) is 5.13. The Labute approximate surface area is 102 Å². The highest BCUT2D eigenvalue weighted by Crippen LogP contribution is 2.26. The minimum absolute atomic E-state index is 0.0156. The first-order chi connectivity index (χ1) is 7.97. The van der Waals surface area contributed by atoms with Gasteiger partial charge in [0.25, 0.3) is 5.91 Å². The molecule has 1 aromatic heterocycles. The van der Waals surface area contributed by atoms with Crippen LogP contribution >= 0.6 is 0 Å². The van der Waals surface area contributed by atoms with Crippen molar-refractivity contribution >= 4 is 5.91 Å². The predicted molar refractivity (Wildman–Crippen MR) is 66.0 cm³/mol. The van der Waals surface area contributed by atoms with Crippen molar-refractivity contribution in [1.82, 2.24) is 9.47 Å². The van der Waals surface area contributed by atoms with Gasteiger partial charge in [-0.2, -0.15) is 0 Å². The predicted octanol–water partition coefficient (Wildman–Crippen LogP) is 1.67. The molecule has 2 heterocycles. The number of likely N-dealkylation sites (tertiary alicyclic amines) is 1. The van der Waals surface area contributed by atoms with Gasteiger partial charge in [0.1, 0.15) is 5.69 Å². The Kier molecular flexibility index (Phi) is 3.00. The molecule has 1 saturated heterocycles. The Morgan fingerprint density at radius 3 is 2.71 bits per heavy atom. The number of carbonyl (C=O) groups is 1. The summed E-state index contributed by atoms with van der Waals surface area (Å²) in [5.74, 6) is 0.0156. The molecule has 0 unspecified atom stereocenters. The van der Waals surface area contributed by atoms with E-state index in [4.69, 9.17) is 0 Å². The maximum Gasteiger partial charge on any atom is 0.270 e. The molecule has 4 nitrogen and oxygen atoms in total. The summed E-state index contributed by atoms with van der Waals surface area (Å²) in [6.45, 7) is 6.94. The van der Waals surface area contributed by atoms with Gasteiger partial charge in [-0.05, 0) is 32.4 Å². The molecule has 1 aliphatic heterocycles. The molecule has 0 saturated carbocycles. The van der Waals surface area contributed by atoms with Crippen LogP contribution < -0.4 is 0 Å². The monoisotopic (exact) mass is 236 g/mol. The van der Waals surface area contributed by atoms with Gasteiger partial charge in [0.2, 0.25) is 0 Å². The first kappa shape index (κ1) is 12.2. The van der Waals surface area contributed by atoms with Crippen LogP contribution in [-0.2, 0) is 0 Å². The summed E-state index contributed by atoms with van der Waals surface area (Å²) in [5, 5.41) is 9.91. The minimum Gasteiger partial charge on any atom is -0.386 e. The number of carbonyl (C=O) groups excluding carboxylic acids is 1. The molecule has 4 heteroatoms. The van der Waals surface area contributed by atoms with Crippen LogP contribution in [0.15, 0.2) is 18.3 Å². The zero-order chi connectivity index (χ0) is 12.6. The summed E-state index contributed by atoms with van der Waals surface area (Å²) in [5.41, 5.74) is 0.0448. The van der Waals surface area contributed by atoms with Gasteiger partial charge in [-0.25, -0.2) is 0 Å². The molecule has 94 valence electrons. The Balaban J connectivity index is 2.09. The first-order valence-corrected chi connectivity index (χ1v) is 6.15. The third kappa shape index (κ3) is 2.09. The summed E-state index contributed by atoms with van der Waals surface area (Å²) in [7, 11) is 0. The van der Waals surface area contributed by atoms with E-state index in [1.807, 2.05) is 29.8 Å². The van der Waals surface area contributed by atoms with Gasteiger partial charge in [0, 0.05) is 12.2 Å². The molecular formula is C13H20N2O2. The van der Waals surface area contributed by atoms with Crippen LogP contribution in [0.2, 0.25) is 0 Å². The number of rotatable bonds is 3. The highest BCUT2D eigenvalue weighted by atomic mass is 16.3. The molecule has 0 atom stereocenters. The maximum atomic E-state index is 12.2. The summed E-state index contributed by atoms with van der Waals surface area (Å²) in [4.78, 5) is 13.9. The van der Waals surface area contributed by atoms with Crippen LogP contribution in [-0.4, -0.2) is 39.2 Å². The van der Waals surface area contributed by atoms with Crippen LogP contribution in [0.4, 0.5) is 0 Å². The van der Waals surface area contributed by atoms with Gasteiger partial charge < -0.3 is 14.6 Å². The smallest absolute Gasteiger partial charge is 0.270 e. The van der Waals surface area contributed by atoms with Crippen LogP contribution in [0.3, 0.4) is 0 Å². The van der Waals surface area contributed by atoms with Crippen LogP contribution in [0.5, 0.6) is 0 Å². The number of hydrogen-bond acceptors (Lipinski definition) is 2. The largest absolute Gasteiger partial charge is 0.386 e. The van der Waals surface area contributed by atoms with E-state index in [0.29, 0.717) is 25.2 Å². The topological polar surface area (TPSA) is 45.5 Å². The fourth-order valence-electron chi connectivity index (χ4n) is 2.22. The quantitative estimate of drug-likeness (QED) is 0.867. The SMILES string of the molecule is CCC1(O)CN(C(=O)c2cccn2C(C)C)C1. The summed E-state index contributed by atoms with van der Waals surface area (Å²) in [6.07, 6.45) is 2.62. The molecule has 1 aromatic rings. The zero-order valence-electron chi connectivity index (χ0n) is 10.7. The number of hydrogen-bond donors (Lipinski definition) is 1. The number of β-amino-alcohol motifs (C(OH)–C–C–N with tert-alkyl or cyclic N) is 1. The molecule has 0 spiro atoms. The Morgan fingerprint density at radius 2 is 2.18 bits per heavy atom. The lowest BCUT2D eigenvalue weighted by Gasteiger charge is -2.46. The Bertz CT molecular complexity index is 417. The van der Waals surface area contributed by atoms with E-state index in [-0.39, 0.29) is 11.9 Å². The van der Waals surface area contributed by atoms with E-state index >= 15 is 0 Å². The lowest BCUT2D eigenvalue weighted by Crippen LogP contribution is -2.63.